The highest BCUT2D eigenvalue weighted by Crippen LogP contribution is 2.19. The average Bonchev–Trinajstić information content (AvgIpc) is 2.16. The first-order chi connectivity index (χ1) is 6.27. The van der Waals surface area contributed by atoms with E-state index in [1.165, 1.54) is 0 Å². The molecule has 0 radical (unpaired) electrons. The standard InChI is InChI=1S/C11H13BrO/c1-2-3-10(8-13)9-4-6-11(12)7-5-9/h2-7,10,13H,8H2,1H3/b3-2-/t10-/m1/s1. The molecule has 13 heavy (non-hydrogen) atoms. The van der Waals surface area contributed by atoms with Gasteiger partial charge in [0.05, 0.1) is 6.61 Å². The maximum Gasteiger partial charge on any atom is 0.0534 e. The molecule has 1 N–H and O–H groups in total. The molecule has 2 heteroatoms. The first-order valence-corrected chi connectivity index (χ1v) is 5.06. The number of aliphatic hydroxyl groups excluding tert-OH is 1. The number of rotatable bonds is 3. The topological polar surface area (TPSA) is 20.2 Å². The van der Waals surface area contributed by atoms with Crippen molar-refractivity contribution in [1.82, 2.24) is 0 Å². The van der Waals surface area contributed by atoms with E-state index in [0.29, 0.717) is 0 Å². The van der Waals surface area contributed by atoms with E-state index in [9.17, 15) is 0 Å². The van der Waals surface area contributed by atoms with E-state index in [4.69, 9.17) is 5.11 Å². The lowest BCUT2D eigenvalue weighted by molar-refractivity contribution is 0.283. The molecule has 0 saturated heterocycles. The molecule has 0 aliphatic carbocycles. The highest BCUT2D eigenvalue weighted by molar-refractivity contribution is 9.10. The SMILES string of the molecule is C/C=C\[C@H](CO)c1ccc(Br)cc1. The molecule has 0 aromatic heterocycles. The number of benzene rings is 1. The van der Waals surface area contributed by atoms with Crippen molar-refractivity contribution in [1.29, 1.82) is 0 Å². The van der Waals surface area contributed by atoms with E-state index in [1.807, 2.05) is 43.3 Å². The predicted molar refractivity (Wildman–Crippen MR) is 58.8 cm³/mol. The largest absolute Gasteiger partial charge is 0.395 e. The van der Waals surface area contributed by atoms with Gasteiger partial charge in [0.15, 0.2) is 0 Å². The van der Waals surface area contributed by atoms with E-state index in [0.717, 1.165) is 10.0 Å². The van der Waals surface area contributed by atoms with Gasteiger partial charge in [0, 0.05) is 10.4 Å². The highest BCUT2D eigenvalue weighted by Gasteiger charge is 2.04. The van der Waals surface area contributed by atoms with Crippen molar-refractivity contribution in [2.75, 3.05) is 6.61 Å². The fourth-order valence-electron chi connectivity index (χ4n) is 1.22. The van der Waals surface area contributed by atoms with Crippen molar-refractivity contribution in [3.63, 3.8) is 0 Å². The van der Waals surface area contributed by atoms with Crippen LogP contribution in [0.25, 0.3) is 0 Å². The first kappa shape index (κ1) is 10.5. The summed E-state index contributed by atoms with van der Waals surface area (Å²) in [4.78, 5) is 0. The monoisotopic (exact) mass is 240 g/mol. The van der Waals surface area contributed by atoms with Gasteiger partial charge in [-0.25, -0.2) is 0 Å². The lowest BCUT2D eigenvalue weighted by Crippen LogP contribution is -1.99. The lowest BCUT2D eigenvalue weighted by Gasteiger charge is -2.09. The van der Waals surface area contributed by atoms with Crippen LogP contribution in [-0.2, 0) is 0 Å². The molecular formula is C11H13BrO. The number of halogens is 1. The molecule has 0 heterocycles. The van der Waals surface area contributed by atoms with Crippen LogP contribution in [0.4, 0.5) is 0 Å². The number of hydrogen-bond acceptors (Lipinski definition) is 1. The molecule has 1 rings (SSSR count). The zero-order valence-corrected chi connectivity index (χ0v) is 9.16. The van der Waals surface area contributed by atoms with Gasteiger partial charge in [-0.05, 0) is 24.6 Å². The smallest absolute Gasteiger partial charge is 0.0534 e. The Hall–Kier alpha value is -0.600. The molecule has 1 nitrogen and oxygen atoms in total. The summed E-state index contributed by atoms with van der Waals surface area (Å²) >= 11 is 3.37. The normalized spacial score (nSPS) is 13.5. The van der Waals surface area contributed by atoms with E-state index in [1.54, 1.807) is 0 Å². The van der Waals surface area contributed by atoms with Crippen molar-refractivity contribution in [2.24, 2.45) is 0 Å². The summed E-state index contributed by atoms with van der Waals surface area (Å²) < 4.78 is 1.06. The van der Waals surface area contributed by atoms with Crippen LogP contribution < -0.4 is 0 Å². The zero-order chi connectivity index (χ0) is 9.68. The summed E-state index contributed by atoms with van der Waals surface area (Å²) in [6, 6.07) is 8.01. The van der Waals surface area contributed by atoms with Gasteiger partial charge in [-0.15, -0.1) is 0 Å². The molecule has 0 saturated carbocycles. The Morgan fingerprint density at radius 3 is 2.46 bits per heavy atom. The third kappa shape index (κ3) is 2.98. The Labute approximate surface area is 87.2 Å². The average molecular weight is 241 g/mol. The van der Waals surface area contributed by atoms with Crippen molar-refractivity contribution in [3.05, 3.63) is 46.5 Å². The van der Waals surface area contributed by atoms with E-state index in [2.05, 4.69) is 15.9 Å². The summed E-state index contributed by atoms with van der Waals surface area (Å²) in [6.45, 7) is 2.12. The van der Waals surface area contributed by atoms with Crippen molar-refractivity contribution in [3.8, 4) is 0 Å². The van der Waals surface area contributed by atoms with Crippen LogP contribution in [0.15, 0.2) is 40.9 Å². The fraction of sp³-hybridized carbons (Fsp3) is 0.273. The second-order valence-electron chi connectivity index (χ2n) is 2.87. The molecule has 0 unspecified atom stereocenters. The van der Waals surface area contributed by atoms with Gasteiger partial charge in [0.2, 0.25) is 0 Å². The van der Waals surface area contributed by atoms with Crippen LogP contribution >= 0.6 is 15.9 Å². The Bertz CT molecular complexity index is 277. The summed E-state index contributed by atoms with van der Waals surface area (Å²) in [7, 11) is 0. The van der Waals surface area contributed by atoms with Crippen molar-refractivity contribution >= 4 is 15.9 Å². The second kappa shape index (κ2) is 5.20. The van der Waals surface area contributed by atoms with Crippen LogP contribution in [0.5, 0.6) is 0 Å². The Morgan fingerprint density at radius 2 is 2.00 bits per heavy atom. The van der Waals surface area contributed by atoms with Crippen molar-refractivity contribution in [2.45, 2.75) is 12.8 Å². The van der Waals surface area contributed by atoms with Crippen LogP contribution in [0.1, 0.15) is 18.4 Å². The molecule has 0 aliphatic heterocycles. The Morgan fingerprint density at radius 1 is 1.38 bits per heavy atom. The fourth-order valence-corrected chi connectivity index (χ4v) is 1.48. The molecular weight excluding hydrogens is 228 g/mol. The molecule has 1 atom stereocenters. The maximum atomic E-state index is 9.12. The second-order valence-corrected chi connectivity index (χ2v) is 3.78. The highest BCUT2D eigenvalue weighted by atomic mass is 79.9. The van der Waals surface area contributed by atoms with Gasteiger partial charge in [-0.3, -0.25) is 0 Å². The molecule has 0 bridgehead atoms. The molecule has 0 fully saturated rings. The molecule has 70 valence electrons. The van der Waals surface area contributed by atoms with Gasteiger partial charge in [-0.2, -0.15) is 0 Å². The number of hydrogen-bond donors (Lipinski definition) is 1. The van der Waals surface area contributed by atoms with Gasteiger partial charge in [0.25, 0.3) is 0 Å². The number of allylic oxidation sites excluding steroid dienone is 1. The van der Waals surface area contributed by atoms with Gasteiger partial charge < -0.3 is 5.11 Å². The Balaban J connectivity index is 2.85. The summed E-state index contributed by atoms with van der Waals surface area (Å²) in [5.74, 6) is 0.123. The third-order valence-electron chi connectivity index (χ3n) is 1.92. The molecule has 1 aromatic carbocycles. The Kier molecular flexibility index (Phi) is 4.19. The van der Waals surface area contributed by atoms with Crippen LogP contribution in [0.2, 0.25) is 0 Å². The minimum atomic E-state index is 0.123. The van der Waals surface area contributed by atoms with E-state index in [-0.39, 0.29) is 12.5 Å². The molecule has 0 aliphatic rings. The summed E-state index contributed by atoms with van der Waals surface area (Å²) in [5.41, 5.74) is 1.14. The summed E-state index contributed by atoms with van der Waals surface area (Å²) in [5, 5.41) is 9.12. The molecule has 0 amide bonds. The first-order valence-electron chi connectivity index (χ1n) is 4.27. The third-order valence-corrected chi connectivity index (χ3v) is 2.45. The van der Waals surface area contributed by atoms with E-state index >= 15 is 0 Å². The lowest BCUT2D eigenvalue weighted by atomic mass is 10.00. The quantitative estimate of drug-likeness (QED) is 0.806. The van der Waals surface area contributed by atoms with Crippen LogP contribution in [-0.4, -0.2) is 11.7 Å². The molecule has 0 spiro atoms. The van der Waals surface area contributed by atoms with Crippen molar-refractivity contribution < 1.29 is 5.11 Å². The maximum absolute atomic E-state index is 9.12. The van der Waals surface area contributed by atoms with Gasteiger partial charge in [-0.1, -0.05) is 40.2 Å². The zero-order valence-electron chi connectivity index (χ0n) is 7.57. The summed E-state index contributed by atoms with van der Waals surface area (Å²) in [6.07, 6.45) is 3.96. The van der Waals surface area contributed by atoms with Crippen LogP contribution in [0.3, 0.4) is 0 Å². The minimum absolute atomic E-state index is 0.123. The predicted octanol–water partition coefficient (Wildman–Crippen LogP) is 3.10. The minimum Gasteiger partial charge on any atom is -0.395 e. The molecule has 1 aromatic rings. The number of aliphatic hydroxyl groups is 1. The van der Waals surface area contributed by atoms with Gasteiger partial charge >= 0.3 is 0 Å². The van der Waals surface area contributed by atoms with Crippen LogP contribution in [0, 0.1) is 0 Å². The van der Waals surface area contributed by atoms with E-state index < -0.39 is 0 Å². The van der Waals surface area contributed by atoms with Gasteiger partial charge in [0.1, 0.15) is 0 Å².